The summed E-state index contributed by atoms with van der Waals surface area (Å²) in [5.41, 5.74) is 4.47. The minimum absolute atomic E-state index is 0.0261. The van der Waals surface area contributed by atoms with E-state index in [0.717, 1.165) is 34.7 Å². The fourth-order valence-electron chi connectivity index (χ4n) is 4.61. The first-order valence-corrected chi connectivity index (χ1v) is 9.17. The van der Waals surface area contributed by atoms with Gasteiger partial charge in [-0.3, -0.25) is 4.79 Å². The summed E-state index contributed by atoms with van der Waals surface area (Å²) in [7, 11) is 0. The van der Waals surface area contributed by atoms with Crippen LogP contribution >= 0.6 is 0 Å². The van der Waals surface area contributed by atoms with E-state index in [2.05, 4.69) is 23.2 Å². The lowest BCUT2D eigenvalue weighted by molar-refractivity contribution is -0.151. The Bertz CT molecular complexity index is 1070. The molecule has 1 aromatic heterocycles. The second-order valence-electron chi connectivity index (χ2n) is 7.25. The summed E-state index contributed by atoms with van der Waals surface area (Å²) in [6.45, 7) is 0.930. The van der Waals surface area contributed by atoms with Crippen molar-refractivity contribution < 1.29 is 19.0 Å². The van der Waals surface area contributed by atoms with Gasteiger partial charge in [-0.1, -0.05) is 24.3 Å². The normalized spacial score (nSPS) is 23.4. The maximum Gasteiger partial charge on any atom is 0.249 e. The Morgan fingerprint density at radius 1 is 1.07 bits per heavy atom. The number of carbonyl (C=O) groups is 1. The minimum atomic E-state index is -0.183. The molecule has 1 amide bonds. The second kappa shape index (κ2) is 5.50. The molecule has 0 saturated carbocycles. The van der Waals surface area contributed by atoms with Crippen molar-refractivity contribution in [2.45, 2.75) is 18.5 Å². The number of amides is 1. The highest BCUT2D eigenvalue weighted by molar-refractivity contribution is 5.87. The summed E-state index contributed by atoms with van der Waals surface area (Å²) in [5.74, 6) is 1.50. The average molecular weight is 362 g/mol. The molecule has 1 saturated heterocycles. The van der Waals surface area contributed by atoms with Crippen molar-refractivity contribution >= 4 is 16.8 Å². The number of fused-ring (bicyclic) bond motifs is 5. The van der Waals surface area contributed by atoms with Crippen LogP contribution in [0.1, 0.15) is 22.9 Å². The molecule has 0 spiro atoms. The van der Waals surface area contributed by atoms with E-state index in [-0.39, 0.29) is 31.4 Å². The molecule has 6 rings (SSSR count). The Morgan fingerprint density at radius 3 is 2.93 bits per heavy atom. The number of aromatic nitrogens is 1. The number of benzene rings is 2. The van der Waals surface area contributed by atoms with Gasteiger partial charge in [0.15, 0.2) is 11.5 Å². The van der Waals surface area contributed by atoms with Crippen LogP contribution in [0.15, 0.2) is 42.5 Å². The standard InChI is InChI=1S/C21H18N2O4/c24-19-10-25-9-13-8-15-14-3-1-2-4-16(14)22-20(15)21(23(13)19)12-5-6-17-18(7-12)27-11-26-17/h1-7,13,21-22H,8-11H2/t13-,21+/m1/s1. The molecule has 136 valence electrons. The lowest BCUT2D eigenvalue weighted by Crippen LogP contribution is -2.54. The molecule has 3 aromatic rings. The van der Waals surface area contributed by atoms with Crippen LogP contribution in [0, 0.1) is 0 Å². The number of nitrogens with zero attached hydrogens (tertiary/aromatic N) is 1. The van der Waals surface area contributed by atoms with Gasteiger partial charge in [-0.2, -0.15) is 0 Å². The summed E-state index contributed by atoms with van der Waals surface area (Å²) >= 11 is 0. The number of hydrogen-bond donors (Lipinski definition) is 1. The first kappa shape index (κ1) is 15.1. The fourth-order valence-corrected chi connectivity index (χ4v) is 4.61. The van der Waals surface area contributed by atoms with Crippen LogP contribution in [0.3, 0.4) is 0 Å². The highest BCUT2D eigenvalue weighted by Crippen LogP contribution is 2.44. The van der Waals surface area contributed by atoms with Crippen LogP contribution in [0.2, 0.25) is 0 Å². The SMILES string of the molecule is O=C1COC[C@H]2Cc3c([nH]c4ccccc34)[C@H](c3ccc4c(c3)OCO4)N12. The van der Waals surface area contributed by atoms with Crippen molar-refractivity contribution in [2.24, 2.45) is 0 Å². The van der Waals surface area contributed by atoms with Crippen LogP contribution in [-0.4, -0.2) is 41.8 Å². The first-order valence-electron chi connectivity index (χ1n) is 9.17. The van der Waals surface area contributed by atoms with Gasteiger partial charge in [-0.25, -0.2) is 0 Å². The van der Waals surface area contributed by atoms with Gasteiger partial charge in [0.05, 0.1) is 18.7 Å². The zero-order valence-electron chi connectivity index (χ0n) is 14.6. The molecule has 4 heterocycles. The molecular weight excluding hydrogens is 344 g/mol. The van der Waals surface area contributed by atoms with Crippen molar-refractivity contribution in [3.05, 3.63) is 59.3 Å². The van der Waals surface area contributed by atoms with E-state index < -0.39 is 0 Å². The smallest absolute Gasteiger partial charge is 0.249 e. The van der Waals surface area contributed by atoms with Gasteiger partial charge >= 0.3 is 0 Å². The lowest BCUT2D eigenvalue weighted by Gasteiger charge is -2.44. The molecule has 3 aliphatic heterocycles. The molecular formula is C21H18N2O4. The summed E-state index contributed by atoms with van der Waals surface area (Å²) in [4.78, 5) is 18.4. The molecule has 0 radical (unpaired) electrons. The number of H-pyrrole nitrogens is 1. The molecule has 2 atom stereocenters. The van der Waals surface area contributed by atoms with Gasteiger partial charge in [-0.15, -0.1) is 0 Å². The first-order chi connectivity index (χ1) is 13.3. The van der Waals surface area contributed by atoms with Crippen LogP contribution < -0.4 is 9.47 Å². The average Bonchev–Trinajstić information content (AvgIpc) is 3.30. The Balaban J connectivity index is 1.58. The number of ether oxygens (including phenoxy) is 3. The van der Waals surface area contributed by atoms with Crippen LogP contribution in [0.4, 0.5) is 0 Å². The third-order valence-electron chi connectivity index (χ3n) is 5.77. The van der Waals surface area contributed by atoms with E-state index >= 15 is 0 Å². The predicted molar refractivity (Wildman–Crippen MR) is 97.9 cm³/mol. The second-order valence-corrected chi connectivity index (χ2v) is 7.25. The molecule has 27 heavy (non-hydrogen) atoms. The Hall–Kier alpha value is -2.99. The quantitative estimate of drug-likeness (QED) is 0.723. The number of carbonyl (C=O) groups excluding carboxylic acids is 1. The zero-order valence-corrected chi connectivity index (χ0v) is 14.6. The van der Waals surface area contributed by atoms with E-state index in [4.69, 9.17) is 14.2 Å². The monoisotopic (exact) mass is 362 g/mol. The van der Waals surface area contributed by atoms with Crippen LogP contribution in [0.25, 0.3) is 10.9 Å². The predicted octanol–water partition coefficient (Wildman–Crippen LogP) is 2.77. The Labute approximate surface area is 155 Å². The Morgan fingerprint density at radius 2 is 1.96 bits per heavy atom. The van der Waals surface area contributed by atoms with Crippen molar-refractivity contribution in [1.82, 2.24) is 9.88 Å². The number of nitrogens with one attached hydrogen (secondary N) is 1. The fraction of sp³-hybridized carbons (Fsp3) is 0.286. The minimum Gasteiger partial charge on any atom is -0.454 e. The lowest BCUT2D eigenvalue weighted by atomic mass is 9.87. The molecule has 2 aromatic carbocycles. The third-order valence-corrected chi connectivity index (χ3v) is 5.77. The molecule has 0 unspecified atom stereocenters. The van der Waals surface area contributed by atoms with Gasteiger partial charge in [0.1, 0.15) is 6.61 Å². The summed E-state index contributed by atoms with van der Waals surface area (Å²) in [6, 6.07) is 14.1. The van der Waals surface area contributed by atoms with Crippen LogP contribution in [0.5, 0.6) is 11.5 Å². The maximum atomic E-state index is 12.8. The largest absolute Gasteiger partial charge is 0.454 e. The van der Waals surface area contributed by atoms with E-state index in [1.807, 2.05) is 29.2 Å². The van der Waals surface area contributed by atoms with E-state index in [1.165, 1.54) is 10.9 Å². The number of rotatable bonds is 1. The van der Waals surface area contributed by atoms with E-state index in [1.54, 1.807) is 0 Å². The topological polar surface area (TPSA) is 63.8 Å². The molecule has 1 fully saturated rings. The number of hydrogen-bond acceptors (Lipinski definition) is 4. The number of morpholine rings is 1. The number of aromatic amines is 1. The highest BCUT2D eigenvalue weighted by atomic mass is 16.7. The van der Waals surface area contributed by atoms with Crippen molar-refractivity contribution in [1.29, 1.82) is 0 Å². The molecule has 6 heteroatoms. The summed E-state index contributed by atoms with van der Waals surface area (Å²) in [5, 5.41) is 1.22. The van der Waals surface area contributed by atoms with Gasteiger partial charge in [0.2, 0.25) is 12.7 Å². The van der Waals surface area contributed by atoms with Gasteiger partial charge in [0.25, 0.3) is 0 Å². The van der Waals surface area contributed by atoms with E-state index in [0.29, 0.717) is 6.61 Å². The van der Waals surface area contributed by atoms with Crippen molar-refractivity contribution in [3.63, 3.8) is 0 Å². The zero-order chi connectivity index (χ0) is 18.0. The molecule has 1 N–H and O–H groups in total. The maximum absolute atomic E-state index is 12.8. The molecule has 0 aliphatic carbocycles. The van der Waals surface area contributed by atoms with Gasteiger partial charge in [-0.05, 0) is 35.7 Å². The van der Waals surface area contributed by atoms with Gasteiger partial charge < -0.3 is 24.1 Å². The number of para-hydroxylation sites is 1. The Kier molecular flexibility index (Phi) is 3.08. The summed E-state index contributed by atoms with van der Waals surface area (Å²) < 4.78 is 16.6. The molecule has 6 nitrogen and oxygen atoms in total. The van der Waals surface area contributed by atoms with Crippen molar-refractivity contribution in [3.8, 4) is 11.5 Å². The highest BCUT2D eigenvalue weighted by Gasteiger charge is 2.42. The van der Waals surface area contributed by atoms with E-state index in [9.17, 15) is 4.79 Å². The summed E-state index contributed by atoms with van der Waals surface area (Å²) in [6.07, 6.45) is 0.798. The third kappa shape index (κ3) is 2.13. The van der Waals surface area contributed by atoms with Crippen LogP contribution in [-0.2, 0) is 16.0 Å². The molecule has 0 bridgehead atoms. The van der Waals surface area contributed by atoms with Crippen molar-refractivity contribution in [2.75, 3.05) is 20.0 Å². The molecule has 3 aliphatic rings. The van der Waals surface area contributed by atoms with Gasteiger partial charge in [0, 0.05) is 16.6 Å².